The molecule has 2 unspecified atom stereocenters. The van der Waals surface area contributed by atoms with E-state index in [1.807, 2.05) is 23.9 Å². The molecule has 1 aromatic rings. The third kappa shape index (κ3) is 4.38. The molecule has 2 N–H and O–H groups in total. The number of aliphatic hydroxyl groups is 1. The van der Waals surface area contributed by atoms with Crippen LogP contribution in [0.4, 0.5) is 0 Å². The Morgan fingerprint density at radius 1 is 1.43 bits per heavy atom. The number of hydrogen-bond donors (Lipinski definition) is 2. The highest BCUT2D eigenvalue weighted by atomic mass is 32.2. The smallest absolute Gasteiger partial charge is 0.132 e. The van der Waals surface area contributed by atoms with Crippen LogP contribution in [0.15, 0.2) is 29.2 Å². The number of rotatable bonds is 6. The van der Waals surface area contributed by atoms with E-state index >= 15 is 0 Å². The Kier molecular flexibility index (Phi) is 5.97. The highest BCUT2D eigenvalue weighted by molar-refractivity contribution is 8.00. The number of benzene rings is 1. The first-order valence-corrected chi connectivity index (χ1v) is 8.65. The number of hydrogen-bond acceptors (Lipinski definition) is 4. The molecule has 1 aliphatic rings. The second-order valence-electron chi connectivity index (χ2n) is 6.22. The van der Waals surface area contributed by atoms with Crippen LogP contribution in [0.5, 0.6) is 5.75 Å². The van der Waals surface area contributed by atoms with Crippen molar-refractivity contribution in [2.24, 2.45) is 0 Å². The van der Waals surface area contributed by atoms with Gasteiger partial charge in [0.1, 0.15) is 5.75 Å². The summed E-state index contributed by atoms with van der Waals surface area (Å²) >= 11 is 1.88. The van der Waals surface area contributed by atoms with Crippen molar-refractivity contribution in [3.05, 3.63) is 24.3 Å². The van der Waals surface area contributed by atoms with Crippen LogP contribution in [0, 0.1) is 0 Å². The first kappa shape index (κ1) is 16.7. The average molecular weight is 309 g/mol. The van der Waals surface area contributed by atoms with E-state index in [4.69, 9.17) is 4.74 Å². The van der Waals surface area contributed by atoms with Gasteiger partial charge >= 0.3 is 0 Å². The molecule has 0 bridgehead atoms. The van der Waals surface area contributed by atoms with Crippen molar-refractivity contribution in [2.75, 3.05) is 13.7 Å². The van der Waals surface area contributed by atoms with E-state index in [1.165, 1.54) is 11.3 Å². The molecule has 1 fully saturated rings. The van der Waals surface area contributed by atoms with E-state index in [-0.39, 0.29) is 12.1 Å². The van der Waals surface area contributed by atoms with Gasteiger partial charge in [-0.2, -0.15) is 0 Å². The van der Waals surface area contributed by atoms with Crippen molar-refractivity contribution in [1.29, 1.82) is 0 Å². The van der Waals surface area contributed by atoms with Crippen molar-refractivity contribution < 1.29 is 9.84 Å². The van der Waals surface area contributed by atoms with Gasteiger partial charge in [0.05, 0.1) is 13.7 Å². The van der Waals surface area contributed by atoms with Gasteiger partial charge in [-0.1, -0.05) is 32.4 Å². The Morgan fingerprint density at radius 3 is 2.86 bits per heavy atom. The standard InChI is InChI=1S/C17H27NO2S/c1-13(2)18-17(12-19)10-6-7-14(11-17)21-16-9-5-4-8-15(16)20-3/h4-5,8-9,13-14,18-19H,6-7,10-12H2,1-3H3. The first-order valence-electron chi connectivity index (χ1n) is 7.77. The maximum atomic E-state index is 9.88. The van der Waals surface area contributed by atoms with Gasteiger partial charge in [-0.3, -0.25) is 0 Å². The largest absolute Gasteiger partial charge is 0.496 e. The van der Waals surface area contributed by atoms with Crippen LogP contribution in [0.3, 0.4) is 0 Å². The van der Waals surface area contributed by atoms with E-state index in [1.54, 1.807) is 7.11 Å². The Balaban J connectivity index is 2.07. The lowest BCUT2D eigenvalue weighted by Crippen LogP contribution is -2.54. The van der Waals surface area contributed by atoms with Crippen LogP contribution in [0.2, 0.25) is 0 Å². The first-order chi connectivity index (χ1) is 10.1. The second kappa shape index (κ2) is 7.52. The van der Waals surface area contributed by atoms with Crippen LogP contribution in [0.25, 0.3) is 0 Å². The zero-order valence-corrected chi connectivity index (χ0v) is 14.1. The number of methoxy groups -OCH3 is 1. The molecule has 1 aromatic carbocycles. The van der Waals surface area contributed by atoms with Gasteiger partial charge in [0.15, 0.2) is 0 Å². The predicted molar refractivity (Wildman–Crippen MR) is 89.2 cm³/mol. The molecule has 1 saturated carbocycles. The average Bonchev–Trinajstić information content (AvgIpc) is 2.47. The summed E-state index contributed by atoms with van der Waals surface area (Å²) < 4.78 is 5.44. The Bertz CT molecular complexity index is 452. The van der Waals surface area contributed by atoms with Gasteiger partial charge in [0.25, 0.3) is 0 Å². The predicted octanol–water partition coefficient (Wildman–Crippen LogP) is 3.46. The summed E-state index contributed by atoms with van der Waals surface area (Å²) in [5, 5.41) is 14.0. The molecule has 0 amide bonds. The molecular formula is C17H27NO2S. The van der Waals surface area contributed by atoms with Gasteiger partial charge in [0.2, 0.25) is 0 Å². The van der Waals surface area contributed by atoms with Crippen LogP contribution in [0.1, 0.15) is 39.5 Å². The highest BCUT2D eigenvalue weighted by Crippen LogP contribution is 2.41. The van der Waals surface area contributed by atoms with E-state index in [0.29, 0.717) is 11.3 Å². The molecule has 0 heterocycles. The molecule has 2 rings (SSSR count). The van der Waals surface area contributed by atoms with Crippen molar-refractivity contribution in [2.45, 2.75) is 61.3 Å². The number of aliphatic hydroxyl groups excluding tert-OH is 1. The van der Waals surface area contributed by atoms with E-state index in [0.717, 1.165) is 25.0 Å². The molecule has 0 saturated heterocycles. The topological polar surface area (TPSA) is 41.5 Å². The number of ether oxygens (including phenoxy) is 1. The summed E-state index contributed by atoms with van der Waals surface area (Å²) in [6.07, 6.45) is 4.42. The summed E-state index contributed by atoms with van der Waals surface area (Å²) in [6.45, 7) is 4.51. The lowest BCUT2D eigenvalue weighted by atomic mass is 9.81. The van der Waals surface area contributed by atoms with Crippen molar-refractivity contribution in [1.82, 2.24) is 5.32 Å². The molecular weight excluding hydrogens is 282 g/mol. The van der Waals surface area contributed by atoms with Crippen molar-refractivity contribution >= 4 is 11.8 Å². The molecule has 2 atom stereocenters. The fourth-order valence-corrected chi connectivity index (χ4v) is 4.71. The second-order valence-corrected chi connectivity index (χ2v) is 7.57. The van der Waals surface area contributed by atoms with Crippen LogP contribution >= 0.6 is 11.8 Å². The van der Waals surface area contributed by atoms with Gasteiger partial charge in [-0.05, 0) is 31.4 Å². The monoisotopic (exact) mass is 309 g/mol. The summed E-state index contributed by atoms with van der Waals surface area (Å²) in [7, 11) is 1.72. The highest BCUT2D eigenvalue weighted by Gasteiger charge is 2.36. The summed E-state index contributed by atoms with van der Waals surface area (Å²) in [6, 6.07) is 8.58. The van der Waals surface area contributed by atoms with Crippen LogP contribution in [-0.4, -0.2) is 35.7 Å². The quantitative estimate of drug-likeness (QED) is 0.844. The van der Waals surface area contributed by atoms with Gasteiger partial charge < -0.3 is 15.2 Å². The van der Waals surface area contributed by atoms with E-state index < -0.39 is 0 Å². The molecule has 21 heavy (non-hydrogen) atoms. The van der Waals surface area contributed by atoms with Gasteiger partial charge in [-0.15, -0.1) is 11.8 Å². The molecule has 0 radical (unpaired) electrons. The molecule has 118 valence electrons. The normalized spacial score (nSPS) is 26.0. The maximum absolute atomic E-state index is 9.88. The van der Waals surface area contributed by atoms with Crippen LogP contribution in [-0.2, 0) is 0 Å². The van der Waals surface area contributed by atoms with E-state index in [2.05, 4.69) is 31.3 Å². The third-order valence-corrected chi connectivity index (χ3v) is 5.39. The fraction of sp³-hybridized carbons (Fsp3) is 0.647. The lowest BCUT2D eigenvalue weighted by Gasteiger charge is -2.41. The Morgan fingerprint density at radius 2 is 2.19 bits per heavy atom. The molecule has 0 spiro atoms. The van der Waals surface area contributed by atoms with Crippen LogP contribution < -0.4 is 10.1 Å². The zero-order chi connectivity index (χ0) is 15.3. The molecule has 4 heteroatoms. The number of nitrogens with one attached hydrogen (secondary N) is 1. The lowest BCUT2D eigenvalue weighted by molar-refractivity contribution is 0.115. The Labute approximate surface area is 132 Å². The maximum Gasteiger partial charge on any atom is 0.132 e. The summed E-state index contributed by atoms with van der Waals surface area (Å²) in [4.78, 5) is 1.20. The minimum Gasteiger partial charge on any atom is -0.496 e. The minimum absolute atomic E-state index is 0.119. The summed E-state index contributed by atoms with van der Waals surface area (Å²) in [5.41, 5.74) is -0.119. The third-order valence-electron chi connectivity index (χ3n) is 4.06. The SMILES string of the molecule is COc1ccccc1SC1CCCC(CO)(NC(C)C)C1. The fourth-order valence-electron chi connectivity index (χ4n) is 3.24. The zero-order valence-electron chi connectivity index (χ0n) is 13.3. The van der Waals surface area contributed by atoms with E-state index in [9.17, 15) is 5.11 Å². The molecule has 1 aliphatic carbocycles. The number of para-hydroxylation sites is 1. The van der Waals surface area contributed by atoms with Crippen molar-refractivity contribution in [3.63, 3.8) is 0 Å². The van der Waals surface area contributed by atoms with Gasteiger partial charge in [0, 0.05) is 21.7 Å². The minimum atomic E-state index is -0.119. The molecule has 0 aliphatic heterocycles. The molecule has 3 nitrogen and oxygen atoms in total. The Hall–Kier alpha value is -0.710. The molecule has 0 aromatic heterocycles. The van der Waals surface area contributed by atoms with Crippen molar-refractivity contribution in [3.8, 4) is 5.75 Å². The van der Waals surface area contributed by atoms with Gasteiger partial charge in [-0.25, -0.2) is 0 Å². The number of thioether (sulfide) groups is 1. The summed E-state index contributed by atoms with van der Waals surface area (Å²) in [5.74, 6) is 0.944.